The van der Waals surface area contributed by atoms with Crippen LogP contribution in [-0.2, 0) is 13.2 Å². The van der Waals surface area contributed by atoms with E-state index < -0.39 is 0 Å². The van der Waals surface area contributed by atoms with Gasteiger partial charge in [-0.2, -0.15) is 0 Å². The Morgan fingerprint density at radius 3 is 1.57 bits per heavy atom. The molecule has 4 N–H and O–H groups in total. The minimum Gasteiger partial charge on any atom is -0.488 e. The number of pyridine rings is 2. The Morgan fingerprint density at radius 2 is 1.08 bits per heavy atom. The molecule has 0 radical (unpaired) electrons. The summed E-state index contributed by atoms with van der Waals surface area (Å²) in [6, 6.07) is 18.9. The topological polar surface area (TPSA) is 159 Å². The molecule has 2 aromatic carbocycles. The average molecular weight is 847 g/mol. The van der Waals surface area contributed by atoms with Gasteiger partial charge in [0.1, 0.15) is 24.7 Å². The summed E-state index contributed by atoms with van der Waals surface area (Å²) in [5.74, 6) is 1.44. The van der Waals surface area contributed by atoms with E-state index in [0.717, 1.165) is 64.4 Å². The van der Waals surface area contributed by atoms with E-state index in [2.05, 4.69) is 77.0 Å². The second-order valence-electron chi connectivity index (χ2n) is 14.5. The molecule has 0 bridgehead atoms. The molecule has 8 rings (SSSR count). The highest BCUT2D eigenvalue weighted by Gasteiger charge is 2.19. The first kappa shape index (κ1) is 41.9. The van der Waals surface area contributed by atoms with Gasteiger partial charge in [-0.15, -0.1) is 0 Å². The van der Waals surface area contributed by atoms with Crippen LogP contribution in [0.5, 0.6) is 11.5 Å². The number of thiazole rings is 2. The van der Waals surface area contributed by atoms with Gasteiger partial charge in [0, 0.05) is 57.2 Å². The number of carbonyl (C=O) groups is 2. The monoisotopic (exact) mass is 846 g/mol. The number of urea groups is 2. The predicted molar refractivity (Wildman–Crippen MR) is 241 cm³/mol. The maximum Gasteiger partial charge on any atom is 0.325 e. The molecule has 0 saturated carbocycles. The molecule has 6 heterocycles. The van der Waals surface area contributed by atoms with Crippen LogP contribution < -0.4 is 40.5 Å². The zero-order chi connectivity index (χ0) is 41.5. The number of anilines is 6. The Morgan fingerprint density at radius 1 is 0.583 bits per heavy atom. The van der Waals surface area contributed by atoms with Crippen LogP contribution in [0, 0.1) is 13.8 Å². The van der Waals surface area contributed by atoms with Crippen molar-refractivity contribution in [3.05, 3.63) is 119 Å². The molecule has 2 aliphatic rings. The Kier molecular flexibility index (Phi) is 14.8. The van der Waals surface area contributed by atoms with Crippen molar-refractivity contribution in [1.29, 1.82) is 0 Å². The fourth-order valence-corrected chi connectivity index (χ4v) is 8.27. The van der Waals surface area contributed by atoms with Gasteiger partial charge in [-0.25, -0.2) is 19.6 Å². The molecule has 2 fully saturated rings. The lowest BCUT2D eigenvalue weighted by Crippen LogP contribution is -2.31. The number of amides is 4. The number of carbonyl (C=O) groups excluding carboxylic acids is 2. The highest BCUT2D eigenvalue weighted by atomic mass is 32.1. The highest BCUT2D eigenvalue weighted by molar-refractivity contribution is 7.16. The number of hydrogen-bond donors (Lipinski definition) is 4. The summed E-state index contributed by atoms with van der Waals surface area (Å²) in [6.45, 7) is 9.00. The Bertz CT molecular complexity index is 2130. The minimum atomic E-state index is -0.300. The quantitative estimate of drug-likeness (QED) is 0.0934. The summed E-state index contributed by atoms with van der Waals surface area (Å²) in [6.07, 6.45) is 17.4. The number of ether oxygens (including phenoxy) is 2. The summed E-state index contributed by atoms with van der Waals surface area (Å²) in [5.41, 5.74) is 6.15. The van der Waals surface area contributed by atoms with Crippen molar-refractivity contribution >= 4 is 67.7 Å². The van der Waals surface area contributed by atoms with E-state index in [0.29, 0.717) is 29.2 Å². The van der Waals surface area contributed by atoms with Crippen LogP contribution in [0.3, 0.4) is 0 Å². The third-order valence-corrected chi connectivity index (χ3v) is 11.6. The summed E-state index contributed by atoms with van der Waals surface area (Å²) in [4.78, 5) is 48.2. The lowest BCUT2D eigenvalue weighted by molar-refractivity contribution is 0.261. The van der Waals surface area contributed by atoms with Crippen molar-refractivity contribution in [2.45, 2.75) is 65.6 Å². The van der Waals surface area contributed by atoms with Gasteiger partial charge in [-0.3, -0.25) is 20.6 Å². The summed E-state index contributed by atoms with van der Waals surface area (Å²) in [7, 11) is 0. The standard InChI is InChI=1S/2C22H25N5O2S/c1-16-5-6-19(20(13-16)27-11-3-2-4-12-27)25-21(28)26-22-24-14-18(30-22)15-29-17-7-9-23-10-8-17;1-16-7-8-19(20(12-16)27-10-3-2-4-11-27)25-21(28)26-22-24-14-18(30-22)15-29-17-6-5-9-23-13-17/h5-10,13-14H,2-4,11-12,15H2,1H3,(H2,24,25,26,28);5-9,12-14H,2-4,10-11,15H2,1H3,(H2,24,25,26,28). The van der Waals surface area contributed by atoms with Crippen LogP contribution in [0.4, 0.5) is 42.6 Å². The van der Waals surface area contributed by atoms with Gasteiger partial charge in [0.25, 0.3) is 0 Å². The Hall–Kier alpha value is -6.26. The van der Waals surface area contributed by atoms with Gasteiger partial charge in [0.2, 0.25) is 0 Å². The van der Waals surface area contributed by atoms with E-state index in [4.69, 9.17) is 9.47 Å². The molecule has 16 heteroatoms. The van der Waals surface area contributed by atoms with E-state index in [1.165, 1.54) is 72.3 Å². The molecular formula is C44H50N10O4S2. The highest BCUT2D eigenvalue weighted by Crippen LogP contribution is 2.32. The first-order chi connectivity index (χ1) is 29.3. The van der Waals surface area contributed by atoms with Crippen molar-refractivity contribution in [3.8, 4) is 11.5 Å². The lowest BCUT2D eigenvalue weighted by Gasteiger charge is -2.30. The van der Waals surface area contributed by atoms with E-state index in [1.807, 2.05) is 36.4 Å². The van der Waals surface area contributed by atoms with E-state index in [-0.39, 0.29) is 12.1 Å². The number of piperidine rings is 2. The van der Waals surface area contributed by atoms with Gasteiger partial charge >= 0.3 is 12.1 Å². The van der Waals surface area contributed by atoms with E-state index in [1.54, 1.807) is 49.3 Å². The zero-order valence-electron chi connectivity index (χ0n) is 33.9. The first-order valence-electron chi connectivity index (χ1n) is 20.2. The molecule has 60 heavy (non-hydrogen) atoms. The van der Waals surface area contributed by atoms with Crippen LogP contribution in [0.25, 0.3) is 0 Å². The molecule has 2 saturated heterocycles. The van der Waals surface area contributed by atoms with Crippen molar-refractivity contribution in [1.82, 2.24) is 19.9 Å². The van der Waals surface area contributed by atoms with Crippen molar-refractivity contribution in [2.75, 3.05) is 57.2 Å². The number of aryl methyl sites for hydroxylation is 2. The minimum absolute atomic E-state index is 0.298. The first-order valence-corrected chi connectivity index (χ1v) is 21.8. The third-order valence-electron chi connectivity index (χ3n) is 9.79. The number of nitrogens with one attached hydrogen (secondary N) is 4. The van der Waals surface area contributed by atoms with Crippen molar-refractivity contribution in [3.63, 3.8) is 0 Å². The summed E-state index contributed by atoms with van der Waals surface area (Å²) >= 11 is 2.78. The van der Waals surface area contributed by atoms with Crippen LogP contribution in [0.2, 0.25) is 0 Å². The molecule has 0 unspecified atom stereocenters. The van der Waals surface area contributed by atoms with Gasteiger partial charge < -0.3 is 29.9 Å². The Labute approximate surface area is 358 Å². The smallest absolute Gasteiger partial charge is 0.325 e. The second kappa shape index (κ2) is 21.1. The van der Waals surface area contributed by atoms with Gasteiger partial charge in [0.15, 0.2) is 10.3 Å². The lowest BCUT2D eigenvalue weighted by atomic mass is 10.1. The van der Waals surface area contributed by atoms with Gasteiger partial charge in [0.05, 0.1) is 38.7 Å². The fourth-order valence-electron chi connectivity index (χ4n) is 6.83. The molecular weight excluding hydrogens is 797 g/mol. The number of hydrogen-bond acceptors (Lipinski definition) is 12. The molecule has 0 spiro atoms. The van der Waals surface area contributed by atoms with E-state index in [9.17, 15) is 9.59 Å². The maximum atomic E-state index is 12.6. The molecule has 14 nitrogen and oxygen atoms in total. The molecule has 4 amide bonds. The largest absolute Gasteiger partial charge is 0.488 e. The summed E-state index contributed by atoms with van der Waals surface area (Å²) < 4.78 is 11.4. The second-order valence-corrected chi connectivity index (χ2v) is 16.7. The van der Waals surface area contributed by atoms with Crippen molar-refractivity contribution in [2.24, 2.45) is 0 Å². The summed E-state index contributed by atoms with van der Waals surface area (Å²) in [5, 5.41) is 12.7. The van der Waals surface area contributed by atoms with Crippen LogP contribution in [0.1, 0.15) is 59.4 Å². The number of nitrogens with zero attached hydrogens (tertiary/aromatic N) is 6. The van der Waals surface area contributed by atoms with Gasteiger partial charge in [-0.1, -0.05) is 34.8 Å². The molecule has 312 valence electrons. The maximum absolute atomic E-state index is 12.6. The zero-order valence-corrected chi connectivity index (χ0v) is 35.5. The Balaban J connectivity index is 0.000000181. The van der Waals surface area contributed by atoms with Crippen LogP contribution >= 0.6 is 22.7 Å². The van der Waals surface area contributed by atoms with Crippen molar-refractivity contribution < 1.29 is 19.1 Å². The van der Waals surface area contributed by atoms with Gasteiger partial charge in [-0.05, 0) is 112 Å². The van der Waals surface area contributed by atoms with Crippen LogP contribution in [-0.4, -0.2) is 58.2 Å². The molecule has 6 aromatic rings. The number of aromatic nitrogens is 4. The average Bonchev–Trinajstić information content (AvgIpc) is 3.93. The molecule has 0 aliphatic carbocycles. The molecule has 4 aromatic heterocycles. The third kappa shape index (κ3) is 12.4. The predicted octanol–water partition coefficient (Wildman–Crippen LogP) is 10.1. The fraction of sp³-hybridized carbons (Fsp3) is 0.318. The number of rotatable bonds is 12. The SMILES string of the molecule is Cc1ccc(NC(=O)Nc2ncc(COc3cccnc3)s2)c(N2CCCCC2)c1.Cc1ccc(NC(=O)Nc2ncc(COc3ccncc3)s2)c(N2CCCCC2)c1. The molecule has 0 atom stereocenters. The van der Waals surface area contributed by atoms with Crippen LogP contribution in [0.15, 0.2) is 97.8 Å². The molecule has 2 aliphatic heterocycles. The number of benzene rings is 2. The normalized spacial score (nSPS) is 13.7. The van der Waals surface area contributed by atoms with E-state index >= 15 is 0 Å².